The third-order valence-corrected chi connectivity index (χ3v) is 4.13. The first-order valence-corrected chi connectivity index (χ1v) is 7.60. The largest absolute Gasteiger partial charge is 0.479 e. The van der Waals surface area contributed by atoms with Gasteiger partial charge in [0, 0.05) is 30.8 Å². The molecule has 0 bridgehead atoms. The summed E-state index contributed by atoms with van der Waals surface area (Å²) in [6.45, 7) is 1.33. The van der Waals surface area contributed by atoms with Crippen LogP contribution in [0.5, 0.6) is 0 Å². The van der Waals surface area contributed by atoms with Crippen LogP contribution in [0.2, 0.25) is 0 Å². The second-order valence-electron chi connectivity index (χ2n) is 5.64. The summed E-state index contributed by atoms with van der Waals surface area (Å²) >= 11 is 0. The number of ether oxygens (including phenoxy) is 1. The number of hydrogen-bond donors (Lipinski definition) is 1. The molecule has 23 heavy (non-hydrogen) atoms. The fourth-order valence-corrected chi connectivity index (χ4v) is 2.87. The van der Waals surface area contributed by atoms with Crippen molar-refractivity contribution in [3.63, 3.8) is 0 Å². The molecule has 1 aromatic rings. The Balaban J connectivity index is 1.70. The highest BCUT2D eigenvalue weighted by Crippen LogP contribution is 2.22. The number of amides is 2. The van der Waals surface area contributed by atoms with Gasteiger partial charge in [0.2, 0.25) is 5.91 Å². The van der Waals surface area contributed by atoms with Gasteiger partial charge in [-0.2, -0.15) is 0 Å². The van der Waals surface area contributed by atoms with E-state index in [-0.39, 0.29) is 25.0 Å². The van der Waals surface area contributed by atoms with Crippen LogP contribution in [-0.4, -0.2) is 60.1 Å². The molecule has 2 aliphatic heterocycles. The molecule has 2 saturated heterocycles. The molecule has 0 aromatic heterocycles. The minimum Gasteiger partial charge on any atom is -0.479 e. The Kier molecular flexibility index (Phi) is 4.29. The fourth-order valence-electron chi connectivity index (χ4n) is 2.87. The van der Waals surface area contributed by atoms with Crippen molar-refractivity contribution in [2.75, 3.05) is 31.1 Å². The lowest BCUT2D eigenvalue weighted by Gasteiger charge is -2.31. The predicted octanol–water partition coefficient (Wildman–Crippen LogP) is 0.739. The Morgan fingerprint density at radius 3 is 2.52 bits per heavy atom. The van der Waals surface area contributed by atoms with Crippen LogP contribution in [0.25, 0.3) is 0 Å². The first-order valence-electron chi connectivity index (χ1n) is 7.60. The molecule has 7 nitrogen and oxygen atoms in total. The van der Waals surface area contributed by atoms with Crippen LogP contribution in [0.1, 0.15) is 23.2 Å². The standard InChI is InChI=1S/C16H18N2O5/c19-14-2-1-7-18(14)12-5-3-11(4-6-12)15(20)17-8-9-23-13(10-17)16(21)22/h3-6,13H,1-2,7-10H2,(H,21,22)/t13-/m1/s1. The molecule has 2 fully saturated rings. The van der Waals surface area contributed by atoms with E-state index >= 15 is 0 Å². The lowest BCUT2D eigenvalue weighted by Crippen LogP contribution is -2.48. The van der Waals surface area contributed by atoms with E-state index in [0.717, 1.165) is 12.1 Å². The van der Waals surface area contributed by atoms with E-state index in [1.54, 1.807) is 29.2 Å². The number of hydrogen-bond acceptors (Lipinski definition) is 4. The van der Waals surface area contributed by atoms with Crippen molar-refractivity contribution in [3.05, 3.63) is 29.8 Å². The molecule has 1 N–H and O–H groups in total. The van der Waals surface area contributed by atoms with Crippen LogP contribution < -0.4 is 4.90 Å². The number of rotatable bonds is 3. The van der Waals surface area contributed by atoms with Gasteiger partial charge in [-0.25, -0.2) is 4.79 Å². The van der Waals surface area contributed by atoms with Crippen molar-refractivity contribution >= 4 is 23.5 Å². The van der Waals surface area contributed by atoms with E-state index in [1.165, 1.54) is 4.90 Å². The zero-order valence-electron chi connectivity index (χ0n) is 12.6. The molecule has 3 rings (SSSR count). The van der Waals surface area contributed by atoms with Crippen molar-refractivity contribution in [1.82, 2.24) is 4.90 Å². The molecule has 0 saturated carbocycles. The van der Waals surface area contributed by atoms with Gasteiger partial charge in [0.25, 0.3) is 5.91 Å². The predicted molar refractivity (Wildman–Crippen MR) is 81.3 cm³/mol. The number of carbonyl (C=O) groups is 3. The monoisotopic (exact) mass is 318 g/mol. The number of carbonyl (C=O) groups excluding carboxylic acids is 2. The van der Waals surface area contributed by atoms with Gasteiger partial charge in [0.15, 0.2) is 6.10 Å². The Morgan fingerprint density at radius 1 is 1.17 bits per heavy atom. The average molecular weight is 318 g/mol. The Labute approximate surface area is 133 Å². The molecule has 0 radical (unpaired) electrons. The summed E-state index contributed by atoms with van der Waals surface area (Å²) in [5.41, 5.74) is 1.26. The van der Waals surface area contributed by atoms with E-state index in [0.29, 0.717) is 25.1 Å². The van der Waals surface area contributed by atoms with Crippen molar-refractivity contribution in [3.8, 4) is 0 Å². The first kappa shape index (κ1) is 15.5. The summed E-state index contributed by atoms with van der Waals surface area (Å²) in [5.74, 6) is -1.19. The van der Waals surface area contributed by atoms with Gasteiger partial charge in [-0.1, -0.05) is 0 Å². The fraction of sp³-hybridized carbons (Fsp3) is 0.438. The van der Waals surface area contributed by atoms with Crippen LogP contribution in [-0.2, 0) is 14.3 Å². The second kappa shape index (κ2) is 6.37. The van der Waals surface area contributed by atoms with E-state index < -0.39 is 12.1 Å². The molecule has 0 spiro atoms. The maximum absolute atomic E-state index is 12.5. The maximum atomic E-state index is 12.5. The SMILES string of the molecule is O=C(O)[C@H]1CN(C(=O)c2ccc(N3CCCC3=O)cc2)CCO1. The molecular weight excluding hydrogens is 300 g/mol. The van der Waals surface area contributed by atoms with E-state index in [4.69, 9.17) is 9.84 Å². The highest BCUT2D eigenvalue weighted by atomic mass is 16.5. The normalized spacial score (nSPS) is 21.6. The van der Waals surface area contributed by atoms with E-state index in [1.807, 2.05) is 0 Å². The molecule has 2 heterocycles. The third kappa shape index (κ3) is 3.19. The number of benzene rings is 1. The van der Waals surface area contributed by atoms with Crippen LogP contribution in [0.3, 0.4) is 0 Å². The molecule has 1 aromatic carbocycles. The van der Waals surface area contributed by atoms with Gasteiger partial charge in [-0.3, -0.25) is 9.59 Å². The minimum absolute atomic E-state index is 0.0422. The number of aliphatic carboxylic acids is 1. The smallest absolute Gasteiger partial charge is 0.334 e. The molecule has 7 heteroatoms. The van der Waals surface area contributed by atoms with Gasteiger partial charge in [-0.05, 0) is 30.7 Å². The molecule has 0 unspecified atom stereocenters. The molecule has 1 atom stereocenters. The minimum atomic E-state index is -1.06. The molecular formula is C16H18N2O5. The Hall–Kier alpha value is -2.41. The van der Waals surface area contributed by atoms with Crippen molar-refractivity contribution in [2.24, 2.45) is 0 Å². The number of morpholine rings is 1. The van der Waals surface area contributed by atoms with Gasteiger partial charge in [0.1, 0.15) is 0 Å². The van der Waals surface area contributed by atoms with Gasteiger partial charge < -0.3 is 19.6 Å². The van der Waals surface area contributed by atoms with Crippen LogP contribution in [0, 0.1) is 0 Å². The number of nitrogens with zero attached hydrogens (tertiary/aromatic N) is 2. The van der Waals surface area contributed by atoms with Crippen molar-refractivity contribution in [2.45, 2.75) is 18.9 Å². The third-order valence-electron chi connectivity index (χ3n) is 4.13. The summed E-state index contributed by atoms with van der Waals surface area (Å²) in [5, 5.41) is 8.99. The highest BCUT2D eigenvalue weighted by Gasteiger charge is 2.29. The van der Waals surface area contributed by atoms with E-state index in [9.17, 15) is 14.4 Å². The summed E-state index contributed by atoms with van der Waals surface area (Å²) < 4.78 is 5.12. The van der Waals surface area contributed by atoms with Gasteiger partial charge in [-0.15, -0.1) is 0 Å². The average Bonchev–Trinajstić information content (AvgIpc) is 3.00. The molecule has 2 amide bonds. The summed E-state index contributed by atoms with van der Waals surface area (Å²) in [6, 6.07) is 6.86. The second-order valence-corrected chi connectivity index (χ2v) is 5.64. The number of anilines is 1. The quantitative estimate of drug-likeness (QED) is 0.888. The summed E-state index contributed by atoms with van der Waals surface area (Å²) in [4.78, 5) is 38.4. The zero-order chi connectivity index (χ0) is 16.4. The summed E-state index contributed by atoms with van der Waals surface area (Å²) in [6.07, 6.45) is 0.434. The van der Waals surface area contributed by atoms with Crippen LogP contribution in [0.15, 0.2) is 24.3 Å². The lowest BCUT2D eigenvalue weighted by molar-refractivity contribution is -0.154. The maximum Gasteiger partial charge on any atom is 0.334 e. The highest BCUT2D eigenvalue weighted by molar-refractivity contribution is 5.97. The number of carboxylic acid groups (broad SMARTS) is 1. The van der Waals surface area contributed by atoms with Gasteiger partial charge in [0.05, 0.1) is 13.2 Å². The molecule has 122 valence electrons. The first-order chi connectivity index (χ1) is 11.1. The van der Waals surface area contributed by atoms with Crippen molar-refractivity contribution in [1.29, 1.82) is 0 Å². The molecule has 2 aliphatic rings. The van der Waals surface area contributed by atoms with E-state index in [2.05, 4.69) is 0 Å². The van der Waals surface area contributed by atoms with Crippen LogP contribution >= 0.6 is 0 Å². The Morgan fingerprint density at radius 2 is 1.91 bits per heavy atom. The summed E-state index contributed by atoms with van der Waals surface area (Å²) in [7, 11) is 0. The van der Waals surface area contributed by atoms with Crippen LogP contribution in [0.4, 0.5) is 5.69 Å². The zero-order valence-corrected chi connectivity index (χ0v) is 12.6. The Bertz CT molecular complexity index is 628. The molecule has 0 aliphatic carbocycles. The van der Waals surface area contributed by atoms with Gasteiger partial charge >= 0.3 is 5.97 Å². The number of carboxylic acids is 1. The lowest BCUT2D eigenvalue weighted by atomic mass is 10.1. The topological polar surface area (TPSA) is 87.2 Å². The van der Waals surface area contributed by atoms with Crippen molar-refractivity contribution < 1.29 is 24.2 Å².